The lowest BCUT2D eigenvalue weighted by Gasteiger charge is -2.46. The van der Waals surface area contributed by atoms with Crippen LogP contribution in [0.25, 0.3) is 0 Å². The Kier molecular flexibility index (Phi) is 15.3. The quantitative estimate of drug-likeness (QED) is 0.105. The number of ether oxygens (including phenoxy) is 2. The van der Waals surface area contributed by atoms with Gasteiger partial charge < -0.3 is 24.4 Å². The Balaban J connectivity index is 0.00000661. The maximum absolute atomic E-state index is 13.8. The van der Waals surface area contributed by atoms with Crippen LogP contribution in [0.15, 0.2) is 60.7 Å². The summed E-state index contributed by atoms with van der Waals surface area (Å²) >= 11 is 12.7. The maximum Gasteiger partial charge on any atom is 0.416 e. The summed E-state index contributed by atoms with van der Waals surface area (Å²) in [6.07, 6.45) is -7.05. The molecule has 2 aliphatic heterocycles. The zero-order valence-corrected chi connectivity index (χ0v) is 34.5. The van der Waals surface area contributed by atoms with Crippen LogP contribution >= 0.6 is 35.6 Å². The van der Waals surface area contributed by atoms with Gasteiger partial charge >= 0.3 is 12.4 Å². The van der Waals surface area contributed by atoms with Gasteiger partial charge in [-0.3, -0.25) is 14.4 Å². The van der Waals surface area contributed by atoms with Crippen LogP contribution in [0, 0.1) is 0 Å². The van der Waals surface area contributed by atoms with Crippen LogP contribution in [-0.2, 0) is 48.9 Å². The third-order valence-electron chi connectivity index (χ3n) is 11.6. The first-order chi connectivity index (χ1) is 27.5. The normalized spacial score (nSPS) is 20.6. The second-order valence-corrected chi connectivity index (χ2v) is 15.8. The number of hydroxylamine groups is 2. The number of likely N-dealkylation sites (tertiary alicyclic amines) is 1. The van der Waals surface area contributed by atoms with Crippen LogP contribution in [0.2, 0.25) is 10.0 Å². The molecule has 3 aromatic rings. The largest absolute Gasteiger partial charge is 0.416 e. The summed E-state index contributed by atoms with van der Waals surface area (Å²) in [5, 5.41) is 10.9. The van der Waals surface area contributed by atoms with Crippen LogP contribution in [0.4, 0.5) is 26.3 Å². The Labute approximate surface area is 354 Å². The molecular weight excluding hydrogens is 851 g/mol. The summed E-state index contributed by atoms with van der Waals surface area (Å²) in [6, 6.07) is 13.9. The van der Waals surface area contributed by atoms with E-state index in [0.717, 1.165) is 5.56 Å². The van der Waals surface area contributed by atoms with Gasteiger partial charge in [0.05, 0.1) is 47.5 Å². The second-order valence-electron chi connectivity index (χ2n) is 15.0. The number of carbonyl (C=O) groups excluding carboxylic acids is 2. The number of piperidine rings is 1. The van der Waals surface area contributed by atoms with Crippen LogP contribution in [0.3, 0.4) is 0 Å². The molecule has 0 bridgehead atoms. The molecule has 2 heterocycles. The number of morpholine rings is 1. The van der Waals surface area contributed by atoms with E-state index in [9.17, 15) is 35.9 Å². The van der Waals surface area contributed by atoms with Crippen molar-refractivity contribution in [3.8, 4) is 0 Å². The van der Waals surface area contributed by atoms with Gasteiger partial charge in [-0.2, -0.15) is 26.3 Å². The van der Waals surface area contributed by atoms with Crippen molar-refractivity contribution in [2.24, 2.45) is 0 Å². The van der Waals surface area contributed by atoms with E-state index >= 15 is 0 Å². The summed E-state index contributed by atoms with van der Waals surface area (Å²) in [7, 11) is 1.42. The van der Waals surface area contributed by atoms with Crippen molar-refractivity contribution in [3.05, 3.63) is 104 Å². The zero-order chi connectivity index (χ0) is 41.9. The highest BCUT2D eigenvalue weighted by molar-refractivity contribution is 6.42. The van der Waals surface area contributed by atoms with E-state index in [2.05, 4.69) is 17.0 Å². The van der Waals surface area contributed by atoms with Crippen molar-refractivity contribution in [1.82, 2.24) is 14.9 Å². The van der Waals surface area contributed by atoms with Gasteiger partial charge in [-0.25, -0.2) is 5.06 Å². The molecule has 1 spiro atoms. The molecule has 2 amide bonds. The number of hydrogen-bond acceptors (Lipinski definition) is 7. The smallest absolute Gasteiger partial charge is 0.396 e. The minimum absolute atomic E-state index is 0. The van der Waals surface area contributed by atoms with Gasteiger partial charge in [0, 0.05) is 37.2 Å². The topological polar surface area (TPSA) is 91.8 Å². The fourth-order valence-electron chi connectivity index (χ4n) is 8.47. The molecule has 3 aliphatic rings. The molecule has 6 rings (SSSR count). The van der Waals surface area contributed by atoms with Gasteiger partial charge in [-0.05, 0) is 98.6 Å². The Morgan fingerprint density at radius 1 is 0.932 bits per heavy atom. The Hall–Kier alpha value is -3.15. The zero-order valence-electron chi connectivity index (χ0n) is 32.2. The molecular formula is C41H46Cl3F6N3O6. The molecule has 3 aromatic carbocycles. The lowest BCUT2D eigenvalue weighted by molar-refractivity contribution is -0.184. The standard InChI is InChI=1S/C41H45Cl2F6N3O6.ClH/c1-56-52(13-4-5-18-53)36(54)25-57-35-22-27-6-2-3-7-32(27)38(35)10-14-50(15-11-38)16-12-39(29-8-9-33(42)34(43)24-29)26-51(17-19-58-39)37(55)28-20-30(40(44,45)46)23-31(21-28)41(47,48)49;/h2-3,6-9,20-21,23-24,35,53H,4-5,10-19,22,25-26H2,1H3;1H/t35-,39+;/m0./s1. The molecule has 0 unspecified atom stereocenters. The minimum Gasteiger partial charge on any atom is -0.396 e. The Morgan fingerprint density at radius 3 is 2.24 bits per heavy atom. The van der Waals surface area contributed by atoms with Crippen molar-refractivity contribution in [2.45, 2.75) is 68.0 Å². The third kappa shape index (κ3) is 10.5. The molecule has 324 valence electrons. The Morgan fingerprint density at radius 2 is 1.61 bits per heavy atom. The van der Waals surface area contributed by atoms with Gasteiger partial charge in [-0.1, -0.05) is 53.5 Å². The second kappa shape index (κ2) is 19.3. The van der Waals surface area contributed by atoms with Crippen LogP contribution in [0.1, 0.15) is 70.3 Å². The third-order valence-corrected chi connectivity index (χ3v) is 12.3. The number of unbranched alkanes of at least 4 members (excludes halogenated alkanes) is 1. The fourth-order valence-corrected chi connectivity index (χ4v) is 8.77. The molecule has 2 fully saturated rings. The highest BCUT2D eigenvalue weighted by atomic mass is 35.5. The highest BCUT2D eigenvalue weighted by Crippen LogP contribution is 2.48. The molecule has 0 radical (unpaired) electrons. The van der Waals surface area contributed by atoms with E-state index in [1.807, 2.05) is 12.1 Å². The van der Waals surface area contributed by atoms with Crippen molar-refractivity contribution in [3.63, 3.8) is 0 Å². The average Bonchev–Trinajstić information content (AvgIpc) is 3.50. The minimum atomic E-state index is -5.12. The number of rotatable bonds is 13. The summed E-state index contributed by atoms with van der Waals surface area (Å²) in [6.45, 7) is 1.62. The van der Waals surface area contributed by atoms with Crippen molar-refractivity contribution in [2.75, 3.05) is 66.2 Å². The molecule has 1 aliphatic carbocycles. The summed E-state index contributed by atoms with van der Waals surface area (Å²) in [4.78, 5) is 35.6. The van der Waals surface area contributed by atoms with Gasteiger partial charge in [0.25, 0.3) is 11.8 Å². The van der Waals surface area contributed by atoms with Gasteiger partial charge in [0.1, 0.15) is 12.2 Å². The number of aliphatic hydroxyl groups is 1. The number of carbonyl (C=O) groups is 2. The summed E-state index contributed by atoms with van der Waals surface area (Å²) < 4.78 is 95.1. The molecule has 2 saturated heterocycles. The monoisotopic (exact) mass is 895 g/mol. The van der Waals surface area contributed by atoms with E-state index in [-0.39, 0.29) is 78.9 Å². The van der Waals surface area contributed by atoms with Gasteiger partial charge in [0.2, 0.25) is 0 Å². The molecule has 0 saturated carbocycles. The Bertz CT molecular complexity index is 1910. The van der Waals surface area contributed by atoms with Crippen LogP contribution < -0.4 is 0 Å². The van der Waals surface area contributed by atoms with E-state index in [1.54, 1.807) is 18.2 Å². The lowest BCUT2D eigenvalue weighted by Crippen LogP contribution is -2.54. The molecule has 1 N–H and O–H groups in total. The number of benzene rings is 3. The van der Waals surface area contributed by atoms with E-state index in [1.165, 1.54) is 22.6 Å². The van der Waals surface area contributed by atoms with Gasteiger partial charge in [0.15, 0.2) is 0 Å². The maximum atomic E-state index is 13.8. The van der Waals surface area contributed by atoms with Gasteiger partial charge in [-0.15, -0.1) is 12.4 Å². The van der Waals surface area contributed by atoms with Crippen LogP contribution in [-0.4, -0.2) is 104 Å². The van der Waals surface area contributed by atoms with Crippen molar-refractivity contribution in [1.29, 1.82) is 0 Å². The van der Waals surface area contributed by atoms with E-state index < -0.39 is 40.6 Å². The number of alkyl halides is 6. The lowest BCUT2D eigenvalue weighted by atomic mass is 9.72. The fraction of sp³-hybridized carbons (Fsp3) is 0.512. The number of fused-ring (bicyclic) bond motifs is 2. The van der Waals surface area contributed by atoms with E-state index in [0.29, 0.717) is 82.4 Å². The molecule has 9 nitrogen and oxygen atoms in total. The predicted octanol–water partition coefficient (Wildman–Crippen LogP) is 8.35. The average molecular weight is 897 g/mol. The molecule has 59 heavy (non-hydrogen) atoms. The van der Waals surface area contributed by atoms with Crippen LogP contribution in [0.5, 0.6) is 0 Å². The summed E-state index contributed by atoms with van der Waals surface area (Å²) in [5.74, 6) is -1.31. The van der Waals surface area contributed by atoms with Crippen molar-refractivity contribution < 1.29 is 55.3 Å². The van der Waals surface area contributed by atoms with E-state index in [4.69, 9.17) is 42.6 Å². The first-order valence-electron chi connectivity index (χ1n) is 19.1. The number of amides is 2. The molecule has 0 aromatic heterocycles. The SMILES string of the molecule is CON(CCCCO)C(=O)CO[C@H]1Cc2ccccc2C12CCN(CC[C@]1(c3ccc(Cl)c(Cl)c3)CN(C(=O)c3cc(C(F)(F)F)cc(C(F)(F)F)c3)CCO1)CC2.Cl. The van der Waals surface area contributed by atoms with Crippen molar-refractivity contribution >= 4 is 47.4 Å². The molecule has 18 heteroatoms. The number of aliphatic hydroxyl groups excluding tert-OH is 1. The first-order valence-corrected chi connectivity index (χ1v) is 19.8. The number of nitrogens with zero attached hydrogens (tertiary/aromatic N) is 3. The molecule has 2 atom stereocenters. The summed E-state index contributed by atoms with van der Waals surface area (Å²) in [5.41, 5.74) is -2.60. The first kappa shape index (κ1) is 46.9. The number of hydrogen-bond donors (Lipinski definition) is 1. The predicted molar refractivity (Wildman–Crippen MR) is 211 cm³/mol. The number of halogens is 9. The highest BCUT2D eigenvalue weighted by Gasteiger charge is 2.50.